The van der Waals surface area contributed by atoms with E-state index >= 15 is 0 Å². The monoisotopic (exact) mass is 440 g/mol. The van der Waals surface area contributed by atoms with Gasteiger partial charge >= 0.3 is 0 Å². The highest BCUT2D eigenvalue weighted by Crippen LogP contribution is 2.29. The van der Waals surface area contributed by atoms with Gasteiger partial charge in [-0.25, -0.2) is 4.98 Å². The van der Waals surface area contributed by atoms with E-state index < -0.39 is 5.56 Å². The number of fused-ring (bicyclic) bond motifs is 2. The molecule has 166 valence electrons. The summed E-state index contributed by atoms with van der Waals surface area (Å²) >= 11 is 0. The largest absolute Gasteiger partial charge is 0.423 e. The van der Waals surface area contributed by atoms with Gasteiger partial charge in [-0.1, -0.05) is 36.4 Å². The molecule has 5 rings (SSSR count). The maximum atomic E-state index is 12.7. The lowest BCUT2D eigenvalue weighted by molar-refractivity contribution is 0.0954. The zero-order valence-electron chi connectivity index (χ0n) is 18.1. The average molecular weight is 441 g/mol. The van der Waals surface area contributed by atoms with E-state index in [1.54, 1.807) is 12.3 Å². The molecule has 0 bridgehead atoms. The molecule has 0 radical (unpaired) electrons. The third-order valence-electron chi connectivity index (χ3n) is 6.10. The van der Waals surface area contributed by atoms with Crippen molar-refractivity contribution in [3.05, 3.63) is 106 Å². The molecule has 2 aromatic heterocycles. The first-order valence-corrected chi connectivity index (χ1v) is 11.0. The number of amides is 1. The van der Waals surface area contributed by atoms with E-state index in [1.807, 2.05) is 54.6 Å². The van der Waals surface area contributed by atoms with E-state index in [-0.39, 0.29) is 11.6 Å². The summed E-state index contributed by atoms with van der Waals surface area (Å²) in [7, 11) is 0. The van der Waals surface area contributed by atoms with Crippen LogP contribution in [-0.4, -0.2) is 33.9 Å². The standard InChI is InChI=1S/C26H24N4O3/c31-24-16-23(22-7-4-12-27-25(22)30(24)33)29-14-11-19-8-9-20(15-21(19)17-29)26(32)28-13-10-18-5-2-1-3-6-18/h1-9,12,15-16,33H,10-11,13-14,17H2,(H,28,32). The number of rotatable bonds is 5. The molecule has 2 N–H and O–H groups in total. The number of pyridine rings is 2. The summed E-state index contributed by atoms with van der Waals surface area (Å²) in [5, 5.41) is 13.8. The summed E-state index contributed by atoms with van der Waals surface area (Å²) in [4.78, 5) is 31.3. The SMILES string of the molecule is O=C(NCCc1ccccc1)c1ccc2c(c1)CN(c1cc(=O)n(O)c3ncccc13)CC2. The Morgan fingerprint density at radius 1 is 1.03 bits per heavy atom. The summed E-state index contributed by atoms with van der Waals surface area (Å²) < 4.78 is 0.578. The lowest BCUT2D eigenvalue weighted by Gasteiger charge is -2.31. The van der Waals surface area contributed by atoms with Crippen LogP contribution in [0.2, 0.25) is 0 Å². The van der Waals surface area contributed by atoms with Crippen molar-refractivity contribution in [1.82, 2.24) is 15.0 Å². The number of aromatic nitrogens is 2. The fraction of sp³-hybridized carbons (Fsp3) is 0.192. The molecule has 7 nitrogen and oxygen atoms in total. The molecule has 1 aliphatic heterocycles. The van der Waals surface area contributed by atoms with Crippen LogP contribution in [0.3, 0.4) is 0 Å². The highest BCUT2D eigenvalue weighted by atomic mass is 16.5. The van der Waals surface area contributed by atoms with Gasteiger partial charge in [0.1, 0.15) is 0 Å². The van der Waals surface area contributed by atoms with Gasteiger partial charge in [-0.05, 0) is 53.8 Å². The number of carbonyl (C=O) groups is 1. The fourth-order valence-corrected chi connectivity index (χ4v) is 4.36. The van der Waals surface area contributed by atoms with Crippen LogP contribution < -0.4 is 15.8 Å². The first-order chi connectivity index (χ1) is 16.1. The number of anilines is 1. The second-order valence-corrected chi connectivity index (χ2v) is 8.20. The molecular weight excluding hydrogens is 416 g/mol. The Hall–Kier alpha value is -4.13. The number of nitrogens with zero attached hydrogens (tertiary/aromatic N) is 3. The van der Waals surface area contributed by atoms with Gasteiger partial charge in [-0.3, -0.25) is 9.59 Å². The van der Waals surface area contributed by atoms with E-state index in [1.165, 1.54) is 17.2 Å². The van der Waals surface area contributed by atoms with Gasteiger partial charge in [-0.15, -0.1) is 4.73 Å². The van der Waals surface area contributed by atoms with Gasteiger partial charge < -0.3 is 15.4 Å². The molecule has 0 saturated heterocycles. The van der Waals surface area contributed by atoms with Crippen LogP contribution in [0.25, 0.3) is 11.0 Å². The van der Waals surface area contributed by atoms with Crippen molar-refractivity contribution in [2.24, 2.45) is 0 Å². The molecular formula is C26H24N4O3. The zero-order chi connectivity index (χ0) is 22.8. The fourth-order valence-electron chi connectivity index (χ4n) is 4.36. The third kappa shape index (κ3) is 4.17. The van der Waals surface area contributed by atoms with Crippen LogP contribution in [0.1, 0.15) is 27.0 Å². The summed E-state index contributed by atoms with van der Waals surface area (Å²) in [6.45, 7) is 1.87. The maximum Gasteiger partial charge on any atom is 0.286 e. The van der Waals surface area contributed by atoms with Crippen LogP contribution in [0.5, 0.6) is 0 Å². The Bertz CT molecular complexity index is 1380. The highest BCUT2D eigenvalue weighted by Gasteiger charge is 2.21. The molecule has 0 unspecified atom stereocenters. The number of nitrogens with one attached hydrogen (secondary N) is 1. The summed E-state index contributed by atoms with van der Waals surface area (Å²) in [5.41, 5.74) is 4.52. The quantitative estimate of drug-likeness (QED) is 0.466. The molecule has 0 atom stereocenters. The molecule has 1 aliphatic rings. The third-order valence-corrected chi connectivity index (χ3v) is 6.10. The number of carbonyl (C=O) groups excluding carboxylic acids is 1. The highest BCUT2D eigenvalue weighted by molar-refractivity contribution is 5.94. The predicted octanol–water partition coefficient (Wildman–Crippen LogP) is 3.17. The van der Waals surface area contributed by atoms with Gasteiger partial charge in [0.25, 0.3) is 11.5 Å². The van der Waals surface area contributed by atoms with Gasteiger partial charge in [0.15, 0.2) is 5.65 Å². The Balaban J connectivity index is 1.35. The molecule has 0 spiro atoms. The van der Waals surface area contributed by atoms with E-state index in [4.69, 9.17) is 0 Å². The first-order valence-electron chi connectivity index (χ1n) is 11.0. The van der Waals surface area contributed by atoms with E-state index in [9.17, 15) is 14.8 Å². The number of hydrogen-bond donors (Lipinski definition) is 2. The van der Waals surface area contributed by atoms with Crippen molar-refractivity contribution in [2.45, 2.75) is 19.4 Å². The Kier molecular flexibility index (Phi) is 5.52. The normalized spacial score (nSPS) is 13.0. The molecule has 0 fully saturated rings. The van der Waals surface area contributed by atoms with Crippen LogP contribution >= 0.6 is 0 Å². The van der Waals surface area contributed by atoms with E-state index in [2.05, 4.69) is 15.2 Å². The van der Waals surface area contributed by atoms with Crippen molar-refractivity contribution in [2.75, 3.05) is 18.0 Å². The van der Waals surface area contributed by atoms with Gasteiger partial charge in [0.2, 0.25) is 0 Å². The molecule has 4 aromatic rings. The lowest BCUT2D eigenvalue weighted by atomic mass is 9.96. The minimum absolute atomic E-state index is 0.0941. The maximum absolute atomic E-state index is 12.7. The number of benzene rings is 2. The molecule has 7 heteroatoms. The first kappa shape index (κ1) is 20.8. The molecule has 3 heterocycles. The van der Waals surface area contributed by atoms with E-state index in [0.717, 1.165) is 30.6 Å². The summed E-state index contributed by atoms with van der Waals surface area (Å²) in [5.74, 6) is -0.0941. The Labute approximate surface area is 190 Å². The van der Waals surface area contributed by atoms with Crippen molar-refractivity contribution in [3.8, 4) is 0 Å². The molecule has 0 saturated carbocycles. The van der Waals surface area contributed by atoms with Crippen molar-refractivity contribution < 1.29 is 10.0 Å². The van der Waals surface area contributed by atoms with Crippen LogP contribution in [0, 0.1) is 0 Å². The molecule has 1 amide bonds. The van der Waals surface area contributed by atoms with Crippen molar-refractivity contribution in [3.63, 3.8) is 0 Å². The minimum atomic E-state index is -0.520. The lowest BCUT2D eigenvalue weighted by Crippen LogP contribution is -2.33. The van der Waals surface area contributed by atoms with Gasteiger partial charge in [0.05, 0.1) is 5.69 Å². The average Bonchev–Trinajstić information content (AvgIpc) is 2.86. The zero-order valence-corrected chi connectivity index (χ0v) is 18.1. The second kappa shape index (κ2) is 8.78. The van der Waals surface area contributed by atoms with E-state index in [0.29, 0.717) is 28.8 Å². The van der Waals surface area contributed by atoms with Gasteiger partial charge in [0, 0.05) is 42.8 Å². The molecule has 0 aliphatic carbocycles. The summed E-state index contributed by atoms with van der Waals surface area (Å²) in [6, 6.07) is 21.0. The molecule has 2 aromatic carbocycles. The predicted molar refractivity (Wildman–Crippen MR) is 127 cm³/mol. The smallest absolute Gasteiger partial charge is 0.286 e. The van der Waals surface area contributed by atoms with Crippen molar-refractivity contribution >= 4 is 22.6 Å². The Morgan fingerprint density at radius 3 is 2.73 bits per heavy atom. The number of hydrogen-bond acceptors (Lipinski definition) is 5. The molecule has 33 heavy (non-hydrogen) atoms. The Morgan fingerprint density at radius 2 is 1.88 bits per heavy atom. The van der Waals surface area contributed by atoms with Gasteiger partial charge in [-0.2, -0.15) is 0 Å². The van der Waals surface area contributed by atoms with Crippen LogP contribution in [-0.2, 0) is 19.4 Å². The van der Waals surface area contributed by atoms with Crippen LogP contribution in [0.15, 0.2) is 77.7 Å². The topological polar surface area (TPSA) is 87.5 Å². The van der Waals surface area contributed by atoms with Crippen LogP contribution in [0.4, 0.5) is 5.69 Å². The second-order valence-electron chi connectivity index (χ2n) is 8.20. The summed E-state index contributed by atoms with van der Waals surface area (Å²) in [6.07, 6.45) is 3.13. The van der Waals surface area contributed by atoms with Crippen molar-refractivity contribution in [1.29, 1.82) is 0 Å². The minimum Gasteiger partial charge on any atom is -0.423 e.